The Morgan fingerprint density at radius 2 is 1.80 bits per heavy atom. The largest absolute Gasteiger partial charge is 0.0883 e. The van der Waals surface area contributed by atoms with Crippen LogP contribution < -0.4 is 0 Å². The molecule has 58 valence electrons. The Morgan fingerprint density at radius 1 is 1.20 bits per heavy atom. The Hall–Kier alpha value is -0.0400. The van der Waals surface area contributed by atoms with Gasteiger partial charge in [0.1, 0.15) is 0 Å². The molecule has 0 spiro atoms. The summed E-state index contributed by atoms with van der Waals surface area (Å²) in [6.45, 7) is 6.56. The third-order valence-corrected chi connectivity index (χ3v) is 1.31. The van der Waals surface area contributed by atoms with Gasteiger partial charge in [-0.1, -0.05) is 61.0 Å². The van der Waals surface area contributed by atoms with Crippen LogP contribution in [-0.2, 0) is 0 Å². The maximum atomic E-state index is 3.31. The van der Waals surface area contributed by atoms with Crippen LogP contribution in [0.1, 0.15) is 20.8 Å². The quantitative estimate of drug-likeness (QED) is 0.475. The molecule has 0 heterocycles. The average Bonchev–Trinajstić information content (AvgIpc) is 1.78. The monoisotopic (exact) mass is 202 g/mol. The van der Waals surface area contributed by atoms with E-state index in [0.29, 0.717) is 5.41 Å². The van der Waals surface area contributed by atoms with Crippen LogP contribution >= 0.6 is 15.9 Å². The Morgan fingerprint density at radius 3 is 2.20 bits per heavy atom. The molecule has 1 heteroatoms. The molecule has 0 nitrogen and oxygen atoms in total. The minimum atomic E-state index is 0.302. The van der Waals surface area contributed by atoms with Gasteiger partial charge in [0.15, 0.2) is 0 Å². The van der Waals surface area contributed by atoms with E-state index in [2.05, 4.69) is 61.0 Å². The average molecular weight is 203 g/mol. The van der Waals surface area contributed by atoms with Gasteiger partial charge in [0.05, 0.1) is 0 Å². The van der Waals surface area contributed by atoms with Crippen molar-refractivity contribution in [1.82, 2.24) is 0 Å². The lowest BCUT2D eigenvalue weighted by Gasteiger charge is -2.09. The van der Waals surface area contributed by atoms with E-state index in [1.165, 1.54) is 0 Å². The van der Waals surface area contributed by atoms with Gasteiger partial charge >= 0.3 is 0 Å². The van der Waals surface area contributed by atoms with E-state index < -0.39 is 0 Å². The van der Waals surface area contributed by atoms with E-state index in [4.69, 9.17) is 0 Å². The van der Waals surface area contributed by atoms with Crippen molar-refractivity contribution in [3.05, 3.63) is 24.3 Å². The molecule has 0 bridgehead atoms. The molecule has 0 aromatic rings. The van der Waals surface area contributed by atoms with Crippen LogP contribution in [0.25, 0.3) is 0 Å². The smallest absolute Gasteiger partial charge is 0.0215 e. The predicted octanol–water partition coefficient (Wildman–Crippen LogP) is 3.54. The lowest BCUT2D eigenvalue weighted by atomic mass is 9.96. The molecule has 0 unspecified atom stereocenters. The second-order valence-corrected chi connectivity index (χ2v) is 3.96. The molecule has 0 saturated heterocycles. The summed E-state index contributed by atoms with van der Waals surface area (Å²) in [5.41, 5.74) is 0.302. The summed E-state index contributed by atoms with van der Waals surface area (Å²) in [4.78, 5) is 0. The molecule has 0 saturated carbocycles. The van der Waals surface area contributed by atoms with Crippen LogP contribution in [0, 0.1) is 5.41 Å². The third-order valence-electron chi connectivity index (χ3n) is 0.933. The molecule has 0 aliphatic carbocycles. The molecule has 0 aromatic heterocycles. The summed E-state index contributed by atoms with van der Waals surface area (Å²) >= 11 is 3.31. The number of allylic oxidation sites excluding steroid dienone is 4. The van der Waals surface area contributed by atoms with E-state index >= 15 is 0 Å². The molecule has 0 atom stereocenters. The van der Waals surface area contributed by atoms with Gasteiger partial charge in [0.25, 0.3) is 0 Å². The van der Waals surface area contributed by atoms with E-state index in [0.717, 1.165) is 5.33 Å². The summed E-state index contributed by atoms with van der Waals surface area (Å²) in [6, 6.07) is 0. The summed E-state index contributed by atoms with van der Waals surface area (Å²) in [5, 5.41) is 0.932. The number of hydrogen-bond acceptors (Lipinski definition) is 0. The number of halogens is 1. The number of hydrogen-bond donors (Lipinski definition) is 0. The second-order valence-electron chi connectivity index (χ2n) is 3.31. The maximum Gasteiger partial charge on any atom is 0.0215 e. The summed E-state index contributed by atoms with van der Waals surface area (Å²) < 4.78 is 0. The summed E-state index contributed by atoms with van der Waals surface area (Å²) in [6.07, 6.45) is 8.40. The lowest BCUT2D eigenvalue weighted by Crippen LogP contribution is -1.97. The summed E-state index contributed by atoms with van der Waals surface area (Å²) in [5.74, 6) is 0. The van der Waals surface area contributed by atoms with Crippen molar-refractivity contribution in [2.75, 3.05) is 5.33 Å². The van der Waals surface area contributed by atoms with Gasteiger partial charge in [0.2, 0.25) is 0 Å². The molecule has 0 fully saturated rings. The van der Waals surface area contributed by atoms with Crippen LogP contribution in [0.4, 0.5) is 0 Å². The van der Waals surface area contributed by atoms with E-state index in [-0.39, 0.29) is 0 Å². The van der Waals surface area contributed by atoms with Gasteiger partial charge in [-0.15, -0.1) is 0 Å². The predicted molar refractivity (Wildman–Crippen MR) is 51.5 cm³/mol. The fourth-order valence-corrected chi connectivity index (χ4v) is 0.690. The fourth-order valence-electron chi connectivity index (χ4n) is 0.474. The van der Waals surface area contributed by atoms with Crippen LogP contribution in [0.2, 0.25) is 0 Å². The van der Waals surface area contributed by atoms with E-state index in [1.54, 1.807) is 0 Å². The third kappa shape index (κ3) is 7.96. The van der Waals surface area contributed by atoms with Crippen LogP contribution in [0.5, 0.6) is 0 Å². The molecule has 10 heavy (non-hydrogen) atoms. The molecule has 0 amide bonds. The zero-order valence-corrected chi connectivity index (χ0v) is 8.48. The highest BCUT2D eigenvalue weighted by molar-refractivity contribution is 9.09. The van der Waals surface area contributed by atoms with E-state index in [1.807, 2.05) is 0 Å². The SMILES string of the molecule is CC(C)(C)/C=C/C=C/CBr. The van der Waals surface area contributed by atoms with Gasteiger partial charge < -0.3 is 0 Å². The molecule has 0 aliphatic rings. The van der Waals surface area contributed by atoms with Crippen molar-refractivity contribution >= 4 is 15.9 Å². The topological polar surface area (TPSA) is 0 Å². The van der Waals surface area contributed by atoms with Crippen molar-refractivity contribution in [2.45, 2.75) is 20.8 Å². The van der Waals surface area contributed by atoms with Crippen LogP contribution in [0.3, 0.4) is 0 Å². The Labute approximate surface area is 72.1 Å². The van der Waals surface area contributed by atoms with Crippen molar-refractivity contribution in [3.63, 3.8) is 0 Å². The Bertz CT molecular complexity index is 126. The first-order chi connectivity index (χ1) is 4.56. The first-order valence-electron chi connectivity index (χ1n) is 3.46. The highest BCUT2D eigenvalue weighted by Crippen LogP contribution is 2.14. The fraction of sp³-hybridized carbons (Fsp3) is 0.556. The first kappa shape index (κ1) is 9.96. The van der Waals surface area contributed by atoms with E-state index in [9.17, 15) is 0 Å². The van der Waals surface area contributed by atoms with Gasteiger partial charge in [-0.3, -0.25) is 0 Å². The lowest BCUT2D eigenvalue weighted by molar-refractivity contribution is 0.544. The van der Waals surface area contributed by atoms with Gasteiger partial charge in [-0.2, -0.15) is 0 Å². The molecule has 0 radical (unpaired) electrons. The standard InChI is InChI=1S/C9H15Br/c1-9(2,3)7-5-4-6-8-10/h4-7H,8H2,1-3H3/b6-4+,7-5+. The Balaban J connectivity index is 3.66. The van der Waals surface area contributed by atoms with Crippen molar-refractivity contribution in [3.8, 4) is 0 Å². The minimum Gasteiger partial charge on any atom is -0.0883 e. The van der Waals surface area contributed by atoms with Crippen molar-refractivity contribution < 1.29 is 0 Å². The summed E-state index contributed by atoms with van der Waals surface area (Å²) in [7, 11) is 0. The molecule has 0 N–H and O–H groups in total. The second kappa shape index (κ2) is 4.73. The van der Waals surface area contributed by atoms with Gasteiger partial charge in [0, 0.05) is 5.33 Å². The number of alkyl halides is 1. The highest BCUT2D eigenvalue weighted by Gasteiger charge is 2.01. The van der Waals surface area contributed by atoms with Crippen molar-refractivity contribution in [1.29, 1.82) is 0 Å². The normalized spacial score (nSPS) is 13.6. The zero-order valence-electron chi connectivity index (χ0n) is 6.89. The zero-order chi connectivity index (χ0) is 8.04. The van der Waals surface area contributed by atoms with Gasteiger partial charge in [-0.25, -0.2) is 0 Å². The Kier molecular flexibility index (Phi) is 4.71. The van der Waals surface area contributed by atoms with Crippen molar-refractivity contribution in [2.24, 2.45) is 5.41 Å². The highest BCUT2D eigenvalue weighted by atomic mass is 79.9. The maximum absolute atomic E-state index is 3.31. The van der Waals surface area contributed by atoms with Crippen LogP contribution in [0.15, 0.2) is 24.3 Å². The molecular formula is C9H15Br. The van der Waals surface area contributed by atoms with Gasteiger partial charge in [-0.05, 0) is 5.41 Å². The van der Waals surface area contributed by atoms with Crippen LogP contribution in [-0.4, -0.2) is 5.33 Å². The number of rotatable bonds is 2. The molecular weight excluding hydrogens is 188 g/mol. The molecule has 0 aliphatic heterocycles. The first-order valence-corrected chi connectivity index (χ1v) is 4.59. The molecule has 0 rings (SSSR count). The minimum absolute atomic E-state index is 0.302. The molecule has 0 aromatic carbocycles.